The molecule has 2 unspecified atom stereocenters. The Morgan fingerprint density at radius 2 is 1.80 bits per heavy atom. The van der Waals surface area contributed by atoms with Crippen LogP contribution in [-0.4, -0.2) is 50.1 Å². The Kier molecular flexibility index (Phi) is 7.18. The minimum Gasteiger partial charge on any atom is -0.750 e. The Morgan fingerprint density at radius 3 is 2.13 bits per heavy atom. The van der Waals surface area contributed by atoms with Crippen LogP contribution in [0.3, 0.4) is 0 Å². The largest absolute Gasteiger partial charge is 0.750 e. The van der Waals surface area contributed by atoms with Gasteiger partial charge in [-0.3, -0.25) is 4.18 Å². The minimum atomic E-state index is -2.69. The maximum Gasteiger partial charge on any atom is 0.121 e. The van der Waals surface area contributed by atoms with Crippen LogP contribution in [0.1, 0.15) is 12.8 Å². The molecule has 0 aromatic carbocycles. The van der Waals surface area contributed by atoms with Crippen molar-refractivity contribution < 1.29 is 28.3 Å². The zero-order valence-electron chi connectivity index (χ0n) is 8.16. The number of nitrogens with two attached hydrogens (primary N) is 1. The standard InChI is InChI=1S/C7H17NO6S/c8-6(14-15(12)13)1-2-7(3-9,4-10)5-11/h6,9-11H,1-5,8H2,(H,12,13)/p-1. The van der Waals surface area contributed by atoms with Gasteiger partial charge < -0.3 is 25.6 Å². The van der Waals surface area contributed by atoms with E-state index in [1.165, 1.54) is 0 Å². The van der Waals surface area contributed by atoms with Gasteiger partial charge in [0, 0.05) is 5.41 Å². The van der Waals surface area contributed by atoms with Crippen LogP contribution >= 0.6 is 0 Å². The summed E-state index contributed by atoms with van der Waals surface area (Å²) in [5.41, 5.74) is 4.24. The van der Waals surface area contributed by atoms with Gasteiger partial charge in [0.2, 0.25) is 0 Å². The molecule has 0 amide bonds. The summed E-state index contributed by atoms with van der Waals surface area (Å²) in [7, 11) is 0. The summed E-state index contributed by atoms with van der Waals surface area (Å²) in [5, 5.41) is 26.8. The van der Waals surface area contributed by atoms with Crippen LogP contribution in [-0.2, 0) is 15.5 Å². The number of rotatable bonds is 8. The lowest BCUT2D eigenvalue weighted by Crippen LogP contribution is -2.36. The van der Waals surface area contributed by atoms with Crippen molar-refractivity contribution in [3.05, 3.63) is 0 Å². The first-order valence-electron chi connectivity index (χ1n) is 4.34. The van der Waals surface area contributed by atoms with Gasteiger partial charge in [0.15, 0.2) is 0 Å². The maximum absolute atomic E-state index is 10.1. The van der Waals surface area contributed by atoms with Gasteiger partial charge in [-0.2, -0.15) is 0 Å². The van der Waals surface area contributed by atoms with Gasteiger partial charge in [0.1, 0.15) is 6.23 Å². The van der Waals surface area contributed by atoms with Crippen molar-refractivity contribution >= 4 is 11.4 Å². The zero-order chi connectivity index (χ0) is 11.9. The molecule has 0 aliphatic rings. The van der Waals surface area contributed by atoms with Crippen molar-refractivity contribution in [3.63, 3.8) is 0 Å². The third-order valence-corrected chi connectivity index (χ3v) is 2.57. The normalized spacial score (nSPS) is 16.3. The van der Waals surface area contributed by atoms with E-state index in [9.17, 15) is 8.76 Å². The van der Waals surface area contributed by atoms with E-state index in [0.29, 0.717) is 0 Å². The van der Waals surface area contributed by atoms with Gasteiger partial charge in [-0.1, -0.05) is 0 Å². The summed E-state index contributed by atoms with van der Waals surface area (Å²) in [6.07, 6.45) is -0.766. The van der Waals surface area contributed by atoms with E-state index in [1.807, 2.05) is 0 Å². The van der Waals surface area contributed by atoms with E-state index in [1.54, 1.807) is 0 Å². The molecule has 8 heteroatoms. The summed E-state index contributed by atoms with van der Waals surface area (Å²) >= 11 is -2.69. The molecule has 15 heavy (non-hydrogen) atoms. The second-order valence-corrected chi connectivity index (χ2v) is 3.95. The molecule has 0 heterocycles. The highest BCUT2D eigenvalue weighted by atomic mass is 32.2. The lowest BCUT2D eigenvalue weighted by Gasteiger charge is -2.28. The highest BCUT2D eigenvalue weighted by Gasteiger charge is 2.28. The number of hydrogen-bond donors (Lipinski definition) is 4. The molecule has 0 aliphatic carbocycles. The minimum absolute atomic E-state index is 0.107. The molecule has 2 atom stereocenters. The summed E-state index contributed by atoms with van der Waals surface area (Å²) in [4.78, 5) is 0. The van der Waals surface area contributed by atoms with Crippen molar-refractivity contribution in [3.8, 4) is 0 Å². The van der Waals surface area contributed by atoms with Crippen molar-refractivity contribution in [2.75, 3.05) is 19.8 Å². The molecule has 5 N–H and O–H groups in total. The van der Waals surface area contributed by atoms with E-state index < -0.39 is 42.8 Å². The fourth-order valence-corrected chi connectivity index (χ4v) is 1.28. The van der Waals surface area contributed by atoms with Crippen LogP contribution in [0.25, 0.3) is 0 Å². The quantitative estimate of drug-likeness (QED) is 0.281. The molecular formula is C7H16NO6S-. The van der Waals surface area contributed by atoms with Crippen LogP contribution in [0.5, 0.6) is 0 Å². The van der Waals surface area contributed by atoms with E-state index in [0.717, 1.165) is 0 Å². The molecule has 0 radical (unpaired) electrons. The molecule has 0 aliphatic heterocycles. The van der Waals surface area contributed by atoms with Crippen molar-refractivity contribution in [2.45, 2.75) is 19.1 Å². The first-order chi connectivity index (χ1) is 6.99. The molecule has 0 saturated heterocycles. The summed E-state index contributed by atoms with van der Waals surface area (Å²) in [6, 6.07) is 0. The monoisotopic (exact) mass is 242 g/mol. The molecule has 92 valence electrons. The Labute approximate surface area is 90.4 Å². The lowest BCUT2D eigenvalue weighted by molar-refractivity contribution is -0.00798. The van der Waals surface area contributed by atoms with E-state index in [4.69, 9.17) is 21.1 Å². The van der Waals surface area contributed by atoms with Crippen LogP contribution in [0.4, 0.5) is 0 Å². The summed E-state index contributed by atoms with van der Waals surface area (Å²) in [6.45, 7) is -1.23. The lowest BCUT2D eigenvalue weighted by atomic mass is 9.85. The third-order valence-electron chi connectivity index (χ3n) is 2.17. The number of hydrogen-bond acceptors (Lipinski definition) is 7. The Bertz CT molecular complexity index is 190. The second kappa shape index (κ2) is 7.23. The molecule has 0 aromatic heterocycles. The van der Waals surface area contributed by atoms with Crippen molar-refractivity contribution in [2.24, 2.45) is 11.1 Å². The van der Waals surface area contributed by atoms with Crippen molar-refractivity contribution in [1.29, 1.82) is 0 Å². The predicted octanol–water partition coefficient (Wildman–Crippen LogP) is -2.17. The smallest absolute Gasteiger partial charge is 0.121 e. The van der Waals surface area contributed by atoms with Crippen LogP contribution in [0, 0.1) is 5.41 Å². The highest BCUT2D eigenvalue weighted by molar-refractivity contribution is 7.74. The first-order valence-corrected chi connectivity index (χ1v) is 5.34. The average molecular weight is 242 g/mol. The number of aliphatic hydroxyl groups excluding tert-OH is 3. The van der Waals surface area contributed by atoms with E-state index >= 15 is 0 Å². The first kappa shape index (κ1) is 14.9. The van der Waals surface area contributed by atoms with Gasteiger partial charge in [0.05, 0.1) is 31.2 Å². The maximum atomic E-state index is 10.1. The van der Waals surface area contributed by atoms with Crippen LogP contribution < -0.4 is 5.73 Å². The molecule has 0 aromatic rings. The van der Waals surface area contributed by atoms with Gasteiger partial charge in [0.25, 0.3) is 0 Å². The molecular weight excluding hydrogens is 226 g/mol. The second-order valence-electron chi connectivity index (χ2n) is 3.35. The Hall–Kier alpha value is -0.0900. The topological polar surface area (TPSA) is 136 Å². The summed E-state index contributed by atoms with van der Waals surface area (Å²) < 4.78 is 24.4. The summed E-state index contributed by atoms with van der Waals surface area (Å²) in [5.74, 6) is 0. The van der Waals surface area contributed by atoms with E-state index in [2.05, 4.69) is 4.18 Å². The SMILES string of the molecule is NC(CCC(CO)(CO)CO)OS(=O)[O-]. The van der Waals surface area contributed by atoms with Gasteiger partial charge in [-0.05, 0) is 12.8 Å². The Balaban J connectivity index is 4.04. The molecule has 0 fully saturated rings. The van der Waals surface area contributed by atoms with Gasteiger partial charge in [-0.15, -0.1) is 0 Å². The van der Waals surface area contributed by atoms with E-state index in [-0.39, 0.29) is 12.8 Å². The third kappa shape index (κ3) is 5.52. The molecule has 0 rings (SSSR count). The molecule has 0 spiro atoms. The zero-order valence-corrected chi connectivity index (χ0v) is 8.98. The molecule has 7 nitrogen and oxygen atoms in total. The molecule has 0 saturated carbocycles. The van der Waals surface area contributed by atoms with Crippen molar-refractivity contribution in [1.82, 2.24) is 0 Å². The predicted molar refractivity (Wildman–Crippen MR) is 50.9 cm³/mol. The van der Waals surface area contributed by atoms with Gasteiger partial charge in [-0.25, -0.2) is 4.21 Å². The highest BCUT2D eigenvalue weighted by Crippen LogP contribution is 2.22. The average Bonchev–Trinajstić information content (AvgIpc) is 2.20. The fourth-order valence-electron chi connectivity index (χ4n) is 0.985. The van der Waals surface area contributed by atoms with Gasteiger partial charge >= 0.3 is 0 Å². The van der Waals surface area contributed by atoms with Crippen LogP contribution in [0.15, 0.2) is 0 Å². The van der Waals surface area contributed by atoms with Crippen LogP contribution in [0.2, 0.25) is 0 Å². The Morgan fingerprint density at radius 1 is 1.33 bits per heavy atom. The molecule has 0 bridgehead atoms. The number of aliphatic hydroxyl groups is 3. The fraction of sp³-hybridized carbons (Fsp3) is 1.00.